The Morgan fingerprint density at radius 2 is 2.38 bits per heavy atom. The molecule has 1 atom stereocenters. The standard InChI is InChI=1S/C11H20N4O/c12-10-7-13-15(8-10)6-2-5-14-4-1-3-11(16)9-14/h7-8,11,16H,1-6,9,12H2. The van der Waals surface area contributed by atoms with Gasteiger partial charge in [0, 0.05) is 19.3 Å². The quantitative estimate of drug-likeness (QED) is 0.772. The van der Waals surface area contributed by atoms with Crippen LogP contribution in [0.5, 0.6) is 0 Å². The average Bonchev–Trinajstić information content (AvgIpc) is 2.64. The number of likely N-dealkylation sites (tertiary alicyclic amines) is 1. The van der Waals surface area contributed by atoms with Gasteiger partial charge in [0.1, 0.15) is 0 Å². The number of nitrogens with two attached hydrogens (primary N) is 1. The van der Waals surface area contributed by atoms with Gasteiger partial charge in [-0.05, 0) is 32.4 Å². The van der Waals surface area contributed by atoms with Crippen molar-refractivity contribution in [1.29, 1.82) is 0 Å². The average molecular weight is 224 g/mol. The van der Waals surface area contributed by atoms with E-state index in [2.05, 4.69) is 10.00 Å². The summed E-state index contributed by atoms with van der Waals surface area (Å²) in [5.74, 6) is 0. The van der Waals surface area contributed by atoms with Crippen LogP contribution in [0.1, 0.15) is 19.3 Å². The van der Waals surface area contributed by atoms with Gasteiger partial charge in [0.25, 0.3) is 0 Å². The summed E-state index contributed by atoms with van der Waals surface area (Å²) in [5.41, 5.74) is 6.30. The van der Waals surface area contributed by atoms with Crippen molar-refractivity contribution >= 4 is 5.69 Å². The van der Waals surface area contributed by atoms with Gasteiger partial charge in [-0.25, -0.2) is 0 Å². The first-order valence-corrected chi connectivity index (χ1v) is 5.92. The van der Waals surface area contributed by atoms with Gasteiger partial charge in [-0.1, -0.05) is 0 Å². The van der Waals surface area contributed by atoms with Crippen molar-refractivity contribution in [2.24, 2.45) is 0 Å². The van der Waals surface area contributed by atoms with Gasteiger partial charge in [0.15, 0.2) is 0 Å². The Bertz CT molecular complexity index is 326. The van der Waals surface area contributed by atoms with Crippen LogP contribution >= 0.6 is 0 Å². The lowest BCUT2D eigenvalue weighted by Gasteiger charge is -2.29. The lowest BCUT2D eigenvalue weighted by atomic mass is 10.1. The topological polar surface area (TPSA) is 67.3 Å². The van der Waals surface area contributed by atoms with Crippen LogP contribution in [0.25, 0.3) is 0 Å². The molecule has 0 aliphatic carbocycles. The zero-order chi connectivity index (χ0) is 11.4. The molecule has 5 nitrogen and oxygen atoms in total. The van der Waals surface area contributed by atoms with Gasteiger partial charge in [-0.15, -0.1) is 0 Å². The molecule has 1 unspecified atom stereocenters. The molecule has 0 saturated carbocycles. The van der Waals surface area contributed by atoms with E-state index in [4.69, 9.17) is 5.73 Å². The molecule has 3 N–H and O–H groups in total. The Morgan fingerprint density at radius 1 is 1.50 bits per heavy atom. The maximum Gasteiger partial charge on any atom is 0.0719 e. The monoisotopic (exact) mass is 224 g/mol. The molecule has 2 heterocycles. The number of β-amino-alcohol motifs (C(OH)–C–C–N with tert-alkyl or cyclic N) is 1. The van der Waals surface area contributed by atoms with Crippen molar-refractivity contribution in [2.45, 2.75) is 31.9 Å². The predicted molar refractivity (Wildman–Crippen MR) is 62.9 cm³/mol. The summed E-state index contributed by atoms with van der Waals surface area (Å²) in [6.45, 7) is 3.85. The first kappa shape index (κ1) is 11.4. The largest absolute Gasteiger partial charge is 0.396 e. The van der Waals surface area contributed by atoms with Crippen LogP contribution in [-0.2, 0) is 6.54 Å². The van der Waals surface area contributed by atoms with Crippen LogP contribution in [0.2, 0.25) is 0 Å². The molecule has 1 fully saturated rings. The summed E-state index contributed by atoms with van der Waals surface area (Å²) in [7, 11) is 0. The zero-order valence-electron chi connectivity index (χ0n) is 9.55. The van der Waals surface area contributed by atoms with Crippen molar-refractivity contribution in [2.75, 3.05) is 25.4 Å². The molecule has 1 aliphatic heterocycles. The van der Waals surface area contributed by atoms with Crippen LogP contribution < -0.4 is 5.73 Å². The van der Waals surface area contributed by atoms with Crippen LogP contribution in [0.15, 0.2) is 12.4 Å². The van der Waals surface area contributed by atoms with E-state index in [1.807, 2.05) is 10.9 Å². The SMILES string of the molecule is Nc1cnn(CCCN2CCCC(O)C2)c1. The van der Waals surface area contributed by atoms with E-state index in [1.54, 1.807) is 6.20 Å². The van der Waals surface area contributed by atoms with E-state index in [1.165, 1.54) is 0 Å². The minimum atomic E-state index is -0.130. The molecule has 16 heavy (non-hydrogen) atoms. The van der Waals surface area contributed by atoms with Gasteiger partial charge < -0.3 is 15.7 Å². The number of anilines is 1. The van der Waals surface area contributed by atoms with E-state index >= 15 is 0 Å². The van der Waals surface area contributed by atoms with Crippen LogP contribution in [-0.4, -0.2) is 45.5 Å². The van der Waals surface area contributed by atoms with Gasteiger partial charge in [-0.3, -0.25) is 4.68 Å². The number of nitrogens with zero attached hydrogens (tertiary/aromatic N) is 3. The second-order valence-corrected chi connectivity index (χ2v) is 4.49. The molecule has 0 bridgehead atoms. The van der Waals surface area contributed by atoms with Crippen molar-refractivity contribution in [1.82, 2.24) is 14.7 Å². The number of piperidine rings is 1. The lowest BCUT2D eigenvalue weighted by molar-refractivity contribution is 0.0694. The third-order valence-electron chi connectivity index (χ3n) is 3.00. The second kappa shape index (κ2) is 5.32. The number of aryl methyl sites for hydroxylation is 1. The fourth-order valence-corrected chi connectivity index (χ4v) is 2.19. The highest BCUT2D eigenvalue weighted by molar-refractivity contribution is 5.30. The first-order valence-electron chi connectivity index (χ1n) is 5.92. The molecule has 5 heteroatoms. The summed E-state index contributed by atoms with van der Waals surface area (Å²) in [6.07, 6.45) is 6.50. The minimum Gasteiger partial charge on any atom is -0.396 e. The Labute approximate surface area is 95.8 Å². The van der Waals surface area contributed by atoms with Crippen molar-refractivity contribution in [3.63, 3.8) is 0 Å². The van der Waals surface area contributed by atoms with Gasteiger partial charge in [0.2, 0.25) is 0 Å². The van der Waals surface area contributed by atoms with E-state index in [-0.39, 0.29) is 6.10 Å². The maximum absolute atomic E-state index is 9.52. The summed E-state index contributed by atoms with van der Waals surface area (Å²) in [6, 6.07) is 0. The molecule has 0 spiro atoms. The molecule has 2 rings (SSSR count). The summed E-state index contributed by atoms with van der Waals surface area (Å²) in [4.78, 5) is 2.32. The molecule has 0 aromatic carbocycles. The summed E-state index contributed by atoms with van der Waals surface area (Å²) < 4.78 is 1.87. The van der Waals surface area contributed by atoms with E-state index in [0.29, 0.717) is 5.69 Å². The molecule has 1 aromatic rings. The number of nitrogen functional groups attached to an aromatic ring is 1. The van der Waals surface area contributed by atoms with E-state index in [0.717, 1.165) is 45.4 Å². The van der Waals surface area contributed by atoms with Crippen molar-refractivity contribution in [3.05, 3.63) is 12.4 Å². The first-order chi connectivity index (χ1) is 7.74. The Balaban J connectivity index is 1.67. The zero-order valence-corrected chi connectivity index (χ0v) is 9.55. The smallest absolute Gasteiger partial charge is 0.0719 e. The van der Waals surface area contributed by atoms with E-state index < -0.39 is 0 Å². The normalized spacial score (nSPS) is 22.4. The second-order valence-electron chi connectivity index (χ2n) is 4.49. The molecule has 90 valence electrons. The van der Waals surface area contributed by atoms with Gasteiger partial charge in [-0.2, -0.15) is 5.10 Å². The van der Waals surface area contributed by atoms with Crippen LogP contribution in [0.3, 0.4) is 0 Å². The van der Waals surface area contributed by atoms with Crippen LogP contribution in [0, 0.1) is 0 Å². The number of aliphatic hydroxyl groups is 1. The highest BCUT2D eigenvalue weighted by Crippen LogP contribution is 2.10. The molecule has 1 aromatic heterocycles. The predicted octanol–water partition coefficient (Wildman–Crippen LogP) is 0.312. The Morgan fingerprint density at radius 3 is 3.06 bits per heavy atom. The maximum atomic E-state index is 9.52. The lowest BCUT2D eigenvalue weighted by Crippen LogP contribution is -2.38. The number of hydrogen-bond donors (Lipinski definition) is 2. The number of rotatable bonds is 4. The molecule has 1 aliphatic rings. The van der Waals surface area contributed by atoms with Crippen LogP contribution in [0.4, 0.5) is 5.69 Å². The highest BCUT2D eigenvalue weighted by atomic mass is 16.3. The third kappa shape index (κ3) is 3.21. The minimum absolute atomic E-state index is 0.130. The fourth-order valence-electron chi connectivity index (χ4n) is 2.19. The number of aliphatic hydroxyl groups excluding tert-OH is 1. The van der Waals surface area contributed by atoms with Crippen molar-refractivity contribution < 1.29 is 5.11 Å². The third-order valence-corrected chi connectivity index (χ3v) is 3.00. The Hall–Kier alpha value is -1.07. The summed E-state index contributed by atoms with van der Waals surface area (Å²) in [5, 5.41) is 13.7. The molecular weight excluding hydrogens is 204 g/mol. The number of aromatic nitrogens is 2. The van der Waals surface area contributed by atoms with Crippen molar-refractivity contribution in [3.8, 4) is 0 Å². The molecule has 1 saturated heterocycles. The van der Waals surface area contributed by atoms with Gasteiger partial charge in [0.05, 0.1) is 18.0 Å². The highest BCUT2D eigenvalue weighted by Gasteiger charge is 2.16. The number of hydrogen-bond acceptors (Lipinski definition) is 4. The molecule has 0 amide bonds. The summed E-state index contributed by atoms with van der Waals surface area (Å²) >= 11 is 0. The van der Waals surface area contributed by atoms with E-state index in [9.17, 15) is 5.11 Å². The molecule has 0 radical (unpaired) electrons. The molecular formula is C11H20N4O. The Kier molecular flexibility index (Phi) is 3.79. The van der Waals surface area contributed by atoms with Gasteiger partial charge >= 0.3 is 0 Å². The fraction of sp³-hybridized carbons (Fsp3) is 0.727.